The molecule has 0 saturated carbocycles. The van der Waals surface area contributed by atoms with E-state index in [9.17, 15) is 4.39 Å². The Kier molecular flexibility index (Phi) is 2.68. The first-order valence-electron chi connectivity index (χ1n) is 4.96. The molecule has 2 rings (SSSR count). The predicted molar refractivity (Wildman–Crippen MR) is 52.8 cm³/mol. The van der Waals surface area contributed by atoms with Crippen LogP contribution in [0, 0.1) is 5.82 Å². The number of para-hydroxylation sites is 1. The van der Waals surface area contributed by atoms with E-state index < -0.39 is 0 Å². The van der Waals surface area contributed by atoms with Gasteiger partial charge >= 0.3 is 0 Å². The first kappa shape index (κ1) is 9.46. The minimum atomic E-state index is -0.260. The third kappa shape index (κ3) is 1.73. The average Bonchev–Trinajstić information content (AvgIpc) is 2.40. The molecule has 0 aromatic heterocycles. The quantitative estimate of drug-likeness (QED) is 0.740. The summed E-state index contributed by atoms with van der Waals surface area (Å²) < 4.78 is 19.0. The summed E-state index contributed by atoms with van der Waals surface area (Å²) in [6, 6.07) is 5.05. The van der Waals surface area contributed by atoms with Crippen molar-refractivity contribution in [1.29, 1.82) is 0 Å². The fourth-order valence-electron chi connectivity index (χ4n) is 1.63. The second-order valence-corrected chi connectivity index (χ2v) is 3.51. The van der Waals surface area contributed by atoms with Crippen LogP contribution in [0.3, 0.4) is 0 Å². The molecule has 1 aromatic rings. The van der Waals surface area contributed by atoms with Gasteiger partial charge in [0.2, 0.25) is 0 Å². The first-order chi connectivity index (χ1) is 6.81. The van der Waals surface area contributed by atoms with Gasteiger partial charge in [0.25, 0.3) is 0 Å². The number of fused-ring (bicyclic) bond motifs is 1. The van der Waals surface area contributed by atoms with Crippen LogP contribution in [0.15, 0.2) is 18.2 Å². The van der Waals surface area contributed by atoms with Gasteiger partial charge in [-0.15, -0.1) is 0 Å². The molecule has 14 heavy (non-hydrogen) atoms. The summed E-state index contributed by atoms with van der Waals surface area (Å²) in [4.78, 5) is 0. The zero-order valence-corrected chi connectivity index (χ0v) is 8.22. The van der Waals surface area contributed by atoms with E-state index in [1.54, 1.807) is 6.07 Å². The highest BCUT2D eigenvalue weighted by atomic mass is 19.1. The molecule has 1 aliphatic heterocycles. The van der Waals surface area contributed by atoms with Crippen molar-refractivity contribution in [3.05, 3.63) is 29.6 Å². The van der Waals surface area contributed by atoms with Gasteiger partial charge in [-0.2, -0.15) is 0 Å². The molecule has 0 bridgehead atoms. The average molecular weight is 195 g/mol. The number of halogens is 1. The highest BCUT2D eigenvalue weighted by Crippen LogP contribution is 2.25. The van der Waals surface area contributed by atoms with Crippen LogP contribution in [0.5, 0.6) is 5.75 Å². The fraction of sp³-hybridized carbons (Fsp3) is 0.455. The standard InChI is InChI=1S/C11H14FNO/c1-2-9-7-13-6-8-4-3-5-10(12)11(8)14-9/h3-5,9,13H,2,6-7H2,1H3/t9-/m1/s1. The predicted octanol–water partition coefficient (Wildman–Crippen LogP) is 2.09. The van der Waals surface area contributed by atoms with Crippen LogP contribution in [0.25, 0.3) is 0 Å². The van der Waals surface area contributed by atoms with Crippen LogP contribution in [0.2, 0.25) is 0 Å². The van der Waals surface area contributed by atoms with Crippen LogP contribution in [-0.4, -0.2) is 12.6 Å². The van der Waals surface area contributed by atoms with Gasteiger partial charge < -0.3 is 10.1 Å². The van der Waals surface area contributed by atoms with Gasteiger partial charge in [0.1, 0.15) is 6.10 Å². The van der Waals surface area contributed by atoms with Crippen molar-refractivity contribution in [1.82, 2.24) is 5.32 Å². The Morgan fingerprint density at radius 1 is 1.57 bits per heavy atom. The number of nitrogens with one attached hydrogen (secondary N) is 1. The third-order valence-corrected chi connectivity index (χ3v) is 2.48. The highest BCUT2D eigenvalue weighted by molar-refractivity contribution is 5.35. The van der Waals surface area contributed by atoms with E-state index >= 15 is 0 Å². The molecule has 1 N–H and O–H groups in total. The Bertz CT molecular complexity index is 327. The number of benzene rings is 1. The van der Waals surface area contributed by atoms with Gasteiger partial charge in [-0.1, -0.05) is 19.1 Å². The normalized spacial score (nSPS) is 20.9. The highest BCUT2D eigenvalue weighted by Gasteiger charge is 2.18. The molecule has 0 spiro atoms. The van der Waals surface area contributed by atoms with Crippen molar-refractivity contribution in [2.75, 3.05) is 6.54 Å². The third-order valence-electron chi connectivity index (χ3n) is 2.48. The summed E-state index contributed by atoms with van der Waals surface area (Å²) in [6.45, 7) is 3.51. The Balaban J connectivity index is 2.33. The van der Waals surface area contributed by atoms with Crippen LogP contribution < -0.4 is 10.1 Å². The lowest BCUT2D eigenvalue weighted by Crippen LogP contribution is -2.27. The number of ether oxygens (including phenoxy) is 1. The molecule has 0 unspecified atom stereocenters. The molecule has 2 nitrogen and oxygen atoms in total. The fourth-order valence-corrected chi connectivity index (χ4v) is 1.63. The maximum atomic E-state index is 13.4. The van der Waals surface area contributed by atoms with E-state index in [4.69, 9.17) is 4.74 Å². The van der Waals surface area contributed by atoms with Crippen molar-refractivity contribution in [2.24, 2.45) is 0 Å². The van der Waals surface area contributed by atoms with Crippen LogP contribution in [0.4, 0.5) is 4.39 Å². The van der Waals surface area contributed by atoms with Crippen molar-refractivity contribution < 1.29 is 9.13 Å². The number of hydrogen-bond acceptors (Lipinski definition) is 2. The number of hydrogen-bond donors (Lipinski definition) is 1. The topological polar surface area (TPSA) is 21.3 Å². The van der Waals surface area contributed by atoms with Gasteiger partial charge in [0.05, 0.1) is 0 Å². The van der Waals surface area contributed by atoms with Crippen LogP contribution >= 0.6 is 0 Å². The molecule has 1 aromatic carbocycles. The Hall–Kier alpha value is -1.09. The second-order valence-electron chi connectivity index (χ2n) is 3.51. The molecule has 0 radical (unpaired) electrons. The molecule has 3 heteroatoms. The summed E-state index contributed by atoms with van der Waals surface area (Å²) in [7, 11) is 0. The van der Waals surface area contributed by atoms with Gasteiger partial charge in [-0.05, 0) is 12.5 Å². The van der Waals surface area contributed by atoms with E-state index in [1.165, 1.54) is 6.07 Å². The van der Waals surface area contributed by atoms with Crippen molar-refractivity contribution in [2.45, 2.75) is 26.0 Å². The summed E-state index contributed by atoms with van der Waals surface area (Å²) in [5, 5.41) is 3.24. The van der Waals surface area contributed by atoms with Crippen molar-refractivity contribution in [3.8, 4) is 5.75 Å². The van der Waals surface area contributed by atoms with Gasteiger partial charge in [0.15, 0.2) is 11.6 Å². The van der Waals surface area contributed by atoms with E-state index in [-0.39, 0.29) is 11.9 Å². The summed E-state index contributed by atoms with van der Waals surface area (Å²) in [5.41, 5.74) is 0.904. The molecule has 0 saturated heterocycles. The van der Waals surface area contributed by atoms with Crippen molar-refractivity contribution >= 4 is 0 Å². The summed E-state index contributed by atoms with van der Waals surface area (Å²) in [6.07, 6.45) is 0.967. The Morgan fingerprint density at radius 3 is 3.21 bits per heavy atom. The summed E-state index contributed by atoms with van der Waals surface area (Å²) in [5.74, 6) is 0.161. The molecule has 1 atom stereocenters. The molecule has 1 heterocycles. The summed E-state index contributed by atoms with van der Waals surface area (Å²) >= 11 is 0. The van der Waals surface area contributed by atoms with Gasteiger partial charge in [0, 0.05) is 18.7 Å². The molecule has 0 aliphatic carbocycles. The van der Waals surface area contributed by atoms with E-state index in [0.717, 1.165) is 18.5 Å². The van der Waals surface area contributed by atoms with Gasteiger partial charge in [-0.25, -0.2) is 4.39 Å². The largest absolute Gasteiger partial charge is 0.486 e. The van der Waals surface area contributed by atoms with E-state index in [1.807, 2.05) is 13.0 Å². The van der Waals surface area contributed by atoms with E-state index in [2.05, 4.69) is 5.32 Å². The first-order valence-corrected chi connectivity index (χ1v) is 4.96. The lowest BCUT2D eigenvalue weighted by Gasteiger charge is -2.15. The molecule has 1 aliphatic rings. The molecular formula is C11H14FNO. The lowest BCUT2D eigenvalue weighted by atomic mass is 10.2. The monoisotopic (exact) mass is 195 g/mol. The molecular weight excluding hydrogens is 181 g/mol. The second kappa shape index (κ2) is 3.96. The minimum absolute atomic E-state index is 0.0770. The maximum Gasteiger partial charge on any atom is 0.165 e. The lowest BCUT2D eigenvalue weighted by molar-refractivity contribution is 0.193. The van der Waals surface area contributed by atoms with Crippen LogP contribution in [-0.2, 0) is 6.54 Å². The Labute approximate surface area is 83.1 Å². The SMILES string of the molecule is CC[C@@H]1CNCc2cccc(F)c2O1. The van der Waals surface area contributed by atoms with Crippen LogP contribution in [0.1, 0.15) is 18.9 Å². The number of rotatable bonds is 1. The zero-order valence-electron chi connectivity index (χ0n) is 8.22. The van der Waals surface area contributed by atoms with E-state index in [0.29, 0.717) is 12.3 Å². The zero-order chi connectivity index (χ0) is 9.97. The minimum Gasteiger partial charge on any atom is -0.486 e. The Morgan fingerprint density at radius 2 is 2.43 bits per heavy atom. The smallest absolute Gasteiger partial charge is 0.165 e. The van der Waals surface area contributed by atoms with Crippen molar-refractivity contribution in [3.63, 3.8) is 0 Å². The molecule has 0 fully saturated rings. The molecule has 76 valence electrons. The van der Waals surface area contributed by atoms with Gasteiger partial charge in [-0.3, -0.25) is 0 Å². The molecule has 0 amide bonds. The maximum absolute atomic E-state index is 13.4.